The van der Waals surface area contributed by atoms with Crippen molar-refractivity contribution in [2.45, 2.75) is 13.2 Å². The molecule has 88 valence electrons. The Bertz CT molecular complexity index is 357. The van der Waals surface area contributed by atoms with E-state index in [0.717, 1.165) is 4.47 Å². The summed E-state index contributed by atoms with van der Waals surface area (Å²) in [5.41, 5.74) is 0.557. The van der Waals surface area contributed by atoms with Gasteiger partial charge in [0.25, 0.3) is 5.91 Å². The van der Waals surface area contributed by atoms with Crippen LogP contribution in [0.25, 0.3) is 0 Å². The molecule has 0 heterocycles. The summed E-state index contributed by atoms with van der Waals surface area (Å²) in [5, 5.41) is 11.2. The average molecular weight is 288 g/mol. The fourth-order valence-electron chi connectivity index (χ4n) is 1.18. The number of amides is 1. The van der Waals surface area contributed by atoms with Crippen LogP contribution < -0.4 is 5.32 Å². The third kappa shape index (κ3) is 3.92. The maximum atomic E-state index is 11.8. The van der Waals surface area contributed by atoms with Crippen LogP contribution in [-0.4, -0.2) is 30.5 Å². The van der Waals surface area contributed by atoms with Crippen LogP contribution in [-0.2, 0) is 4.74 Å². The maximum Gasteiger partial charge on any atom is 0.254 e. The van der Waals surface area contributed by atoms with Gasteiger partial charge in [0, 0.05) is 4.47 Å². The number of benzene rings is 1. The molecule has 16 heavy (non-hydrogen) atoms. The van der Waals surface area contributed by atoms with Gasteiger partial charge in [-0.1, -0.05) is 12.1 Å². The molecule has 4 nitrogen and oxygen atoms in total. The number of rotatable bonds is 5. The second-order valence-corrected chi connectivity index (χ2v) is 4.04. The number of hydrogen-bond donors (Lipinski definition) is 2. The minimum atomic E-state index is -0.424. The highest BCUT2D eigenvalue weighted by atomic mass is 79.9. The second kappa shape index (κ2) is 6.62. The highest BCUT2D eigenvalue weighted by Crippen LogP contribution is 2.15. The number of carbonyl (C=O) groups is 1. The SMILES string of the molecule is CC(NC(=O)c1ccccc1Br)OCCO. The molecule has 1 aromatic rings. The zero-order valence-corrected chi connectivity index (χ0v) is 10.5. The van der Waals surface area contributed by atoms with Crippen molar-refractivity contribution in [3.63, 3.8) is 0 Å². The van der Waals surface area contributed by atoms with E-state index in [1.165, 1.54) is 0 Å². The van der Waals surface area contributed by atoms with Crippen LogP contribution in [0.2, 0.25) is 0 Å². The van der Waals surface area contributed by atoms with Crippen LogP contribution in [0.1, 0.15) is 17.3 Å². The van der Waals surface area contributed by atoms with E-state index < -0.39 is 6.23 Å². The minimum Gasteiger partial charge on any atom is -0.394 e. The standard InChI is InChI=1S/C11H14BrNO3/c1-8(16-7-6-14)13-11(15)9-4-2-3-5-10(9)12/h2-5,8,14H,6-7H2,1H3,(H,13,15). The van der Waals surface area contributed by atoms with E-state index in [0.29, 0.717) is 5.56 Å². The smallest absolute Gasteiger partial charge is 0.254 e. The van der Waals surface area contributed by atoms with E-state index in [-0.39, 0.29) is 19.1 Å². The quantitative estimate of drug-likeness (QED) is 0.808. The first-order valence-corrected chi connectivity index (χ1v) is 5.72. The summed E-state index contributed by atoms with van der Waals surface area (Å²) in [4.78, 5) is 11.8. The molecule has 0 aliphatic rings. The van der Waals surface area contributed by atoms with Gasteiger partial charge in [-0.15, -0.1) is 0 Å². The summed E-state index contributed by atoms with van der Waals surface area (Å²) < 4.78 is 5.86. The predicted molar refractivity (Wildman–Crippen MR) is 64.1 cm³/mol. The lowest BCUT2D eigenvalue weighted by Crippen LogP contribution is -2.35. The number of nitrogens with one attached hydrogen (secondary N) is 1. The fraction of sp³-hybridized carbons (Fsp3) is 0.364. The van der Waals surface area contributed by atoms with Crippen molar-refractivity contribution >= 4 is 21.8 Å². The van der Waals surface area contributed by atoms with Gasteiger partial charge in [0.05, 0.1) is 18.8 Å². The molecular weight excluding hydrogens is 274 g/mol. The number of carbonyl (C=O) groups excluding carboxylic acids is 1. The van der Waals surface area contributed by atoms with Gasteiger partial charge < -0.3 is 15.2 Å². The van der Waals surface area contributed by atoms with Gasteiger partial charge in [0.2, 0.25) is 0 Å². The van der Waals surface area contributed by atoms with E-state index in [1.54, 1.807) is 25.1 Å². The first kappa shape index (κ1) is 13.2. The van der Waals surface area contributed by atoms with E-state index >= 15 is 0 Å². The lowest BCUT2D eigenvalue weighted by molar-refractivity contribution is 0.0199. The molecule has 1 atom stereocenters. The summed E-state index contributed by atoms with van der Waals surface area (Å²) >= 11 is 3.30. The molecule has 1 unspecified atom stereocenters. The normalized spacial score (nSPS) is 12.2. The third-order valence-corrected chi connectivity index (χ3v) is 2.60. The fourth-order valence-corrected chi connectivity index (χ4v) is 1.64. The Morgan fingerprint density at radius 3 is 2.88 bits per heavy atom. The summed E-state index contributed by atoms with van der Waals surface area (Å²) in [6.07, 6.45) is -0.424. The van der Waals surface area contributed by atoms with Crippen LogP contribution >= 0.6 is 15.9 Å². The number of aliphatic hydroxyl groups excluding tert-OH is 1. The summed E-state index contributed by atoms with van der Waals surface area (Å²) in [5.74, 6) is -0.210. The molecule has 0 aromatic heterocycles. The molecule has 1 amide bonds. The minimum absolute atomic E-state index is 0.0603. The molecule has 1 aromatic carbocycles. The van der Waals surface area contributed by atoms with Gasteiger partial charge in [-0.2, -0.15) is 0 Å². The molecule has 5 heteroatoms. The van der Waals surface area contributed by atoms with E-state index in [2.05, 4.69) is 21.2 Å². The number of halogens is 1. The van der Waals surface area contributed by atoms with Crippen molar-refractivity contribution in [1.82, 2.24) is 5.32 Å². The average Bonchev–Trinajstić information content (AvgIpc) is 2.26. The molecule has 0 saturated carbocycles. The molecule has 0 aliphatic carbocycles. The van der Waals surface area contributed by atoms with Crippen molar-refractivity contribution in [2.24, 2.45) is 0 Å². The molecule has 0 bridgehead atoms. The Hall–Kier alpha value is -0.910. The molecule has 0 aliphatic heterocycles. The van der Waals surface area contributed by atoms with E-state index in [9.17, 15) is 4.79 Å². The molecule has 0 saturated heterocycles. The highest BCUT2D eigenvalue weighted by molar-refractivity contribution is 9.10. The first-order valence-electron chi connectivity index (χ1n) is 4.93. The molecule has 1 rings (SSSR count). The zero-order valence-electron chi connectivity index (χ0n) is 8.94. The Kier molecular flexibility index (Phi) is 5.45. The molecule has 0 fully saturated rings. The lowest BCUT2D eigenvalue weighted by Gasteiger charge is -2.14. The molecule has 0 radical (unpaired) electrons. The van der Waals surface area contributed by atoms with Crippen molar-refractivity contribution in [2.75, 3.05) is 13.2 Å². The lowest BCUT2D eigenvalue weighted by atomic mass is 10.2. The topological polar surface area (TPSA) is 58.6 Å². The first-order chi connectivity index (χ1) is 7.65. The largest absolute Gasteiger partial charge is 0.394 e. The number of hydrogen-bond acceptors (Lipinski definition) is 3. The van der Waals surface area contributed by atoms with Gasteiger partial charge in [-0.3, -0.25) is 4.79 Å². The monoisotopic (exact) mass is 287 g/mol. The molecule has 2 N–H and O–H groups in total. The number of aliphatic hydroxyl groups is 1. The maximum absolute atomic E-state index is 11.8. The molecular formula is C11H14BrNO3. The van der Waals surface area contributed by atoms with Gasteiger partial charge >= 0.3 is 0 Å². The Balaban J connectivity index is 2.56. The Morgan fingerprint density at radius 1 is 1.56 bits per heavy atom. The Morgan fingerprint density at radius 2 is 2.25 bits per heavy atom. The van der Waals surface area contributed by atoms with E-state index in [4.69, 9.17) is 9.84 Å². The zero-order chi connectivity index (χ0) is 12.0. The Labute approximate surface area is 103 Å². The van der Waals surface area contributed by atoms with Crippen molar-refractivity contribution in [1.29, 1.82) is 0 Å². The third-order valence-electron chi connectivity index (χ3n) is 1.91. The van der Waals surface area contributed by atoms with Crippen molar-refractivity contribution < 1.29 is 14.6 Å². The summed E-state index contributed by atoms with van der Waals surface area (Å²) in [7, 11) is 0. The summed E-state index contributed by atoms with van der Waals surface area (Å²) in [6, 6.07) is 7.15. The van der Waals surface area contributed by atoms with Crippen LogP contribution in [0.4, 0.5) is 0 Å². The highest BCUT2D eigenvalue weighted by Gasteiger charge is 2.11. The van der Waals surface area contributed by atoms with Crippen LogP contribution in [0.15, 0.2) is 28.7 Å². The second-order valence-electron chi connectivity index (χ2n) is 3.19. The van der Waals surface area contributed by atoms with E-state index in [1.807, 2.05) is 6.07 Å². The van der Waals surface area contributed by atoms with Crippen molar-refractivity contribution in [3.8, 4) is 0 Å². The van der Waals surface area contributed by atoms with Gasteiger partial charge in [-0.25, -0.2) is 0 Å². The van der Waals surface area contributed by atoms with Crippen LogP contribution in [0.3, 0.4) is 0 Å². The van der Waals surface area contributed by atoms with Gasteiger partial charge in [-0.05, 0) is 35.0 Å². The molecule has 0 spiro atoms. The predicted octanol–water partition coefficient (Wildman–Crippen LogP) is 1.53. The van der Waals surface area contributed by atoms with Gasteiger partial charge in [0.1, 0.15) is 6.23 Å². The summed E-state index contributed by atoms with van der Waals surface area (Å²) in [6.45, 7) is 1.86. The van der Waals surface area contributed by atoms with Crippen LogP contribution in [0, 0.1) is 0 Å². The van der Waals surface area contributed by atoms with Crippen LogP contribution in [0.5, 0.6) is 0 Å². The van der Waals surface area contributed by atoms with Crippen molar-refractivity contribution in [3.05, 3.63) is 34.3 Å². The number of ether oxygens (including phenoxy) is 1. The van der Waals surface area contributed by atoms with Gasteiger partial charge in [0.15, 0.2) is 0 Å².